The summed E-state index contributed by atoms with van der Waals surface area (Å²) >= 11 is 3.56. The topological polar surface area (TPSA) is 61.0 Å². The monoisotopic (exact) mass is 512 g/mol. The predicted octanol–water partition coefficient (Wildman–Crippen LogP) is 6.14. The van der Waals surface area contributed by atoms with Gasteiger partial charge in [0.2, 0.25) is 0 Å². The number of pyridine rings is 1. The molecule has 0 atom stereocenters. The SMILES string of the molecule is CN(C)Cc1ccc(CNC(=O)c2cc(-c3c[nH]c4ccc(Br)cc34)nc3ccccc23)cc1. The first-order valence-electron chi connectivity index (χ1n) is 11.2. The number of hydrogen-bond acceptors (Lipinski definition) is 3. The first-order valence-corrected chi connectivity index (χ1v) is 11.9. The summed E-state index contributed by atoms with van der Waals surface area (Å²) in [5.41, 5.74) is 6.48. The number of aromatic nitrogens is 2. The normalized spacial score (nSPS) is 11.4. The third kappa shape index (κ3) is 4.60. The number of nitrogens with one attached hydrogen (secondary N) is 2. The standard InChI is InChI=1S/C28H25BrN4O/c1-33(2)17-19-9-7-18(8-10-19)15-31-28(34)23-14-27(32-26-6-4-3-5-21(23)26)24-16-30-25-12-11-20(29)13-22(24)25/h3-14,16,30H,15,17H2,1-2H3,(H,31,34). The lowest BCUT2D eigenvalue weighted by molar-refractivity contribution is 0.0952. The summed E-state index contributed by atoms with van der Waals surface area (Å²) in [7, 11) is 4.10. The smallest absolute Gasteiger partial charge is 0.252 e. The molecule has 6 heteroatoms. The molecule has 0 bridgehead atoms. The Labute approximate surface area is 207 Å². The summed E-state index contributed by atoms with van der Waals surface area (Å²) in [5, 5.41) is 4.99. The zero-order chi connectivity index (χ0) is 23.7. The number of amides is 1. The number of fused-ring (bicyclic) bond motifs is 2. The van der Waals surface area contributed by atoms with Crippen LogP contribution in [0, 0.1) is 0 Å². The molecule has 3 aromatic carbocycles. The maximum Gasteiger partial charge on any atom is 0.252 e. The molecular weight excluding hydrogens is 488 g/mol. The molecule has 0 saturated heterocycles. The summed E-state index contributed by atoms with van der Waals surface area (Å²) in [4.78, 5) is 23.6. The number of halogens is 1. The van der Waals surface area contributed by atoms with Gasteiger partial charge in [-0.1, -0.05) is 58.4 Å². The van der Waals surface area contributed by atoms with Gasteiger partial charge in [-0.2, -0.15) is 0 Å². The minimum Gasteiger partial charge on any atom is -0.360 e. The van der Waals surface area contributed by atoms with E-state index in [9.17, 15) is 4.79 Å². The zero-order valence-electron chi connectivity index (χ0n) is 19.1. The van der Waals surface area contributed by atoms with Crippen LogP contribution in [0.5, 0.6) is 0 Å². The molecule has 0 aliphatic rings. The maximum absolute atomic E-state index is 13.3. The number of rotatable bonds is 6. The van der Waals surface area contributed by atoms with E-state index in [0.29, 0.717) is 12.1 Å². The van der Waals surface area contributed by atoms with Gasteiger partial charge in [0.25, 0.3) is 5.91 Å². The highest BCUT2D eigenvalue weighted by Gasteiger charge is 2.16. The highest BCUT2D eigenvalue weighted by atomic mass is 79.9. The van der Waals surface area contributed by atoms with Gasteiger partial charge < -0.3 is 15.2 Å². The molecule has 5 rings (SSSR count). The molecule has 0 spiro atoms. The van der Waals surface area contributed by atoms with Crippen LogP contribution in [-0.2, 0) is 13.1 Å². The fourth-order valence-corrected chi connectivity index (χ4v) is 4.57. The molecule has 0 aliphatic heterocycles. The van der Waals surface area contributed by atoms with Crippen LogP contribution in [0.15, 0.2) is 83.5 Å². The second kappa shape index (κ2) is 9.41. The Morgan fingerprint density at radius 3 is 2.53 bits per heavy atom. The quantitative estimate of drug-likeness (QED) is 0.287. The van der Waals surface area contributed by atoms with Crippen LogP contribution in [0.4, 0.5) is 0 Å². The van der Waals surface area contributed by atoms with Crippen molar-refractivity contribution in [2.45, 2.75) is 13.1 Å². The molecule has 5 nitrogen and oxygen atoms in total. The molecule has 2 heterocycles. The Kier molecular flexibility index (Phi) is 6.18. The van der Waals surface area contributed by atoms with E-state index in [0.717, 1.165) is 49.6 Å². The van der Waals surface area contributed by atoms with Crippen LogP contribution in [0.2, 0.25) is 0 Å². The minimum absolute atomic E-state index is 0.113. The first-order chi connectivity index (χ1) is 16.5. The van der Waals surface area contributed by atoms with Gasteiger partial charge in [-0.05, 0) is 55.6 Å². The van der Waals surface area contributed by atoms with Crippen LogP contribution in [0.3, 0.4) is 0 Å². The summed E-state index contributed by atoms with van der Waals surface area (Å²) in [6, 6.07) is 24.1. The lowest BCUT2D eigenvalue weighted by Crippen LogP contribution is -2.23. The lowest BCUT2D eigenvalue weighted by atomic mass is 10.0. The van der Waals surface area contributed by atoms with Gasteiger partial charge in [0.05, 0.1) is 16.8 Å². The third-order valence-corrected chi connectivity index (χ3v) is 6.35. The zero-order valence-corrected chi connectivity index (χ0v) is 20.7. The number of benzene rings is 3. The average Bonchev–Trinajstić information content (AvgIpc) is 3.25. The van der Waals surface area contributed by atoms with Crippen LogP contribution in [-0.4, -0.2) is 34.9 Å². The average molecular weight is 513 g/mol. The second-order valence-corrected chi connectivity index (χ2v) is 9.62. The molecule has 0 fully saturated rings. The van der Waals surface area contributed by atoms with Crippen molar-refractivity contribution in [3.63, 3.8) is 0 Å². The Morgan fingerprint density at radius 1 is 0.971 bits per heavy atom. The van der Waals surface area contributed by atoms with Gasteiger partial charge in [0, 0.05) is 45.6 Å². The van der Waals surface area contributed by atoms with Gasteiger partial charge in [0.15, 0.2) is 0 Å². The van der Waals surface area contributed by atoms with E-state index in [4.69, 9.17) is 4.98 Å². The second-order valence-electron chi connectivity index (χ2n) is 8.70. The number of nitrogens with zero attached hydrogens (tertiary/aromatic N) is 2. The van der Waals surface area contributed by atoms with Crippen LogP contribution < -0.4 is 5.32 Å². The third-order valence-electron chi connectivity index (χ3n) is 5.86. The number of H-pyrrole nitrogens is 1. The molecule has 170 valence electrons. The van der Waals surface area contributed by atoms with Crippen molar-refractivity contribution in [2.24, 2.45) is 0 Å². The van der Waals surface area contributed by atoms with Gasteiger partial charge in [0.1, 0.15) is 0 Å². The minimum atomic E-state index is -0.113. The molecule has 2 aromatic heterocycles. The Balaban J connectivity index is 1.46. The van der Waals surface area contributed by atoms with Gasteiger partial charge in [-0.15, -0.1) is 0 Å². The molecule has 5 aromatic rings. The highest BCUT2D eigenvalue weighted by molar-refractivity contribution is 9.10. The Bertz CT molecular complexity index is 1490. The fraction of sp³-hybridized carbons (Fsp3) is 0.143. The molecule has 34 heavy (non-hydrogen) atoms. The van der Waals surface area contributed by atoms with Crippen molar-refractivity contribution in [2.75, 3.05) is 14.1 Å². The first kappa shape index (κ1) is 22.3. The Hall–Kier alpha value is -3.48. The van der Waals surface area contributed by atoms with Crippen molar-refractivity contribution in [1.82, 2.24) is 20.2 Å². The Morgan fingerprint density at radius 2 is 1.74 bits per heavy atom. The number of aromatic amines is 1. The molecule has 0 saturated carbocycles. The predicted molar refractivity (Wildman–Crippen MR) is 142 cm³/mol. The van der Waals surface area contributed by atoms with E-state index in [1.165, 1.54) is 5.56 Å². The van der Waals surface area contributed by atoms with Gasteiger partial charge >= 0.3 is 0 Å². The summed E-state index contributed by atoms with van der Waals surface area (Å²) < 4.78 is 0.996. The van der Waals surface area contributed by atoms with Gasteiger partial charge in [-0.25, -0.2) is 4.98 Å². The molecule has 0 radical (unpaired) electrons. The maximum atomic E-state index is 13.3. The molecule has 0 aliphatic carbocycles. The number of para-hydroxylation sites is 1. The summed E-state index contributed by atoms with van der Waals surface area (Å²) in [6.45, 7) is 1.36. The molecule has 2 N–H and O–H groups in total. The largest absolute Gasteiger partial charge is 0.360 e. The summed E-state index contributed by atoms with van der Waals surface area (Å²) in [5.74, 6) is -0.113. The van der Waals surface area contributed by atoms with Crippen molar-refractivity contribution < 1.29 is 4.79 Å². The van der Waals surface area contributed by atoms with E-state index in [1.807, 2.05) is 48.7 Å². The van der Waals surface area contributed by atoms with Gasteiger partial charge in [-0.3, -0.25) is 4.79 Å². The van der Waals surface area contributed by atoms with E-state index < -0.39 is 0 Å². The molecular formula is C28H25BrN4O. The fourth-order valence-electron chi connectivity index (χ4n) is 4.21. The number of carbonyl (C=O) groups is 1. The van der Waals surface area contributed by atoms with E-state index in [1.54, 1.807) is 0 Å². The van der Waals surface area contributed by atoms with Crippen molar-refractivity contribution in [3.8, 4) is 11.3 Å². The van der Waals surface area contributed by atoms with Crippen LogP contribution >= 0.6 is 15.9 Å². The molecule has 0 unspecified atom stereocenters. The highest BCUT2D eigenvalue weighted by Crippen LogP contribution is 2.32. The van der Waals surface area contributed by atoms with Crippen molar-refractivity contribution in [1.29, 1.82) is 0 Å². The number of carbonyl (C=O) groups excluding carboxylic acids is 1. The molecule has 1 amide bonds. The summed E-state index contributed by atoms with van der Waals surface area (Å²) in [6.07, 6.45) is 1.95. The lowest BCUT2D eigenvalue weighted by Gasteiger charge is -2.12. The van der Waals surface area contributed by atoms with Crippen LogP contribution in [0.1, 0.15) is 21.5 Å². The number of hydrogen-bond donors (Lipinski definition) is 2. The van der Waals surface area contributed by atoms with E-state index >= 15 is 0 Å². The van der Waals surface area contributed by atoms with Crippen molar-refractivity contribution in [3.05, 3.63) is 100 Å². The van der Waals surface area contributed by atoms with Crippen LogP contribution in [0.25, 0.3) is 33.1 Å². The van der Waals surface area contributed by atoms with E-state index in [-0.39, 0.29) is 5.91 Å². The van der Waals surface area contributed by atoms with Crippen molar-refractivity contribution >= 4 is 43.6 Å². The van der Waals surface area contributed by atoms with E-state index in [2.05, 4.69) is 75.6 Å².